The Hall–Kier alpha value is -1.42. The Labute approximate surface area is 128 Å². The van der Waals surface area contributed by atoms with Crippen molar-refractivity contribution in [3.63, 3.8) is 0 Å². The minimum absolute atomic E-state index is 0.292. The van der Waals surface area contributed by atoms with Gasteiger partial charge >= 0.3 is 0 Å². The standard InChI is InChI=1S/C18H22O2Si/c1-14(21-17-6-4-3-5-7-17)15-8-10-16(11-9-15)18(2)19-12-13-20-18/h3-11,14H,12-13,21H2,1-2H3. The van der Waals surface area contributed by atoms with E-state index in [1.807, 2.05) is 6.92 Å². The molecule has 110 valence electrons. The van der Waals surface area contributed by atoms with Crippen LogP contribution < -0.4 is 5.19 Å². The molecular formula is C18H22O2Si. The molecule has 0 spiro atoms. The maximum Gasteiger partial charge on any atom is 0.192 e. The molecule has 0 radical (unpaired) electrons. The van der Waals surface area contributed by atoms with E-state index >= 15 is 0 Å². The Kier molecular flexibility index (Phi) is 4.24. The predicted molar refractivity (Wildman–Crippen MR) is 88.7 cm³/mol. The average Bonchev–Trinajstić information content (AvgIpc) is 2.96. The van der Waals surface area contributed by atoms with E-state index in [0.717, 1.165) is 5.56 Å². The van der Waals surface area contributed by atoms with Gasteiger partial charge in [-0.15, -0.1) is 0 Å². The molecule has 0 aliphatic carbocycles. The molecule has 1 unspecified atom stereocenters. The van der Waals surface area contributed by atoms with E-state index in [2.05, 4.69) is 61.5 Å². The number of hydrogen-bond donors (Lipinski definition) is 0. The zero-order valence-electron chi connectivity index (χ0n) is 12.7. The van der Waals surface area contributed by atoms with Crippen molar-refractivity contribution in [1.29, 1.82) is 0 Å². The summed E-state index contributed by atoms with van der Waals surface area (Å²) in [4.78, 5) is 0. The Bertz CT molecular complexity index is 574. The van der Waals surface area contributed by atoms with Gasteiger partial charge in [-0.3, -0.25) is 0 Å². The minimum Gasteiger partial charge on any atom is -0.344 e. The molecule has 1 aliphatic rings. The normalized spacial score (nSPS) is 19.1. The smallest absolute Gasteiger partial charge is 0.192 e. The molecule has 3 heteroatoms. The number of hydrogen-bond acceptors (Lipinski definition) is 2. The van der Waals surface area contributed by atoms with E-state index in [0.29, 0.717) is 18.8 Å². The number of benzene rings is 2. The molecule has 2 aromatic carbocycles. The van der Waals surface area contributed by atoms with Crippen molar-refractivity contribution < 1.29 is 9.47 Å². The third-order valence-electron chi connectivity index (χ3n) is 4.23. The predicted octanol–water partition coefficient (Wildman–Crippen LogP) is 2.46. The van der Waals surface area contributed by atoms with E-state index in [4.69, 9.17) is 9.47 Å². The average molecular weight is 298 g/mol. The Morgan fingerprint density at radius 2 is 1.57 bits per heavy atom. The summed E-state index contributed by atoms with van der Waals surface area (Å²) >= 11 is 0. The number of rotatable bonds is 4. The molecule has 21 heavy (non-hydrogen) atoms. The van der Waals surface area contributed by atoms with Crippen LogP contribution in [0.3, 0.4) is 0 Å². The fraction of sp³-hybridized carbons (Fsp3) is 0.333. The minimum atomic E-state index is -0.557. The van der Waals surface area contributed by atoms with Gasteiger partial charge in [0.15, 0.2) is 5.79 Å². The maximum atomic E-state index is 5.71. The van der Waals surface area contributed by atoms with Crippen molar-refractivity contribution in [2.24, 2.45) is 0 Å². The van der Waals surface area contributed by atoms with Gasteiger partial charge < -0.3 is 9.47 Å². The van der Waals surface area contributed by atoms with Crippen LogP contribution in [0.15, 0.2) is 54.6 Å². The second-order valence-corrected chi connectivity index (χ2v) is 8.30. The lowest BCUT2D eigenvalue weighted by molar-refractivity contribution is -0.149. The van der Waals surface area contributed by atoms with Gasteiger partial charge in [-0.2, -0.15) is 0 Å². The first-order valence-electron chi connectivity index (χ1n) is 7.60. The molecular weight excluding hydrogens is 276 g/mol. The topological polar surface area (TPSA) is 18.5 Å². The van der Waals surface area contributed by atoms with Gasteiger partial charge in [-0.1, -0.05) is 66.7 Å². The van der Waals surface area contributed by atoms with Crippen LogP contribution in [0.25, 0.3) is 0 Å². The molecule has 3 rings (SSSR count). The number of ether oxygens (including phenoxy) is 2. The highest BCUT2D eigenvalue weighted by molar-refractivity contribution is 6.54. The summed E-state index contributed by atoms with van der Waals surface area (Å²) in [5.41, 5.74) is 3.16. The maximum absolute atomic E-state index is 5.71. The summed E-state index contributed by atoms with van der Waals surface area (Å²) < 4.78 is 11.4. The molecule has 1 atom stereocenters. The highest BCUT2D eigenvalue weighted by atomic mass is 28.2. The molecule has 0 saturated carbocycles. The van der Waals surface area contributed by atoms with Gasteiger partial charge in [0.2, 0.25) is 0 Å². The third-order valence-corrected chi connectivity index (χ3v) is 6.25. The fourth-order valence-corrected chi connectivity index (χ4v) is 4.64. The van der Waals surface area contributed by atoms with Gasteiger partial charge in [0.25, 0.3) is 0 Å². The fourth-order valence-electron chi connectivity index (χ4n) is 2.88. The highest BCUT2D eigenvalue weighted by Gasteiger charge is 2.32. The van der Waals surface area contributed by atoms with Crippen molar-refractivity contribution in [2.75, 3.05) is 13.2 Å². The van der Waals surface area contributed by atoms with Crippen LogP contribution in [0, 0.1) is 0 Å². The second kappa shape index (κ2) is 6.14. The Morgan fingerprint density at radius 1 is 0.952 bits per heavy atom. The molecule has 1 heterocycles. The summed E-state index contributed by atoms with van der Waals surface area (Å²) in [5, 5.41) is 1.52. The molecule has 1 saturated heterocycles. The molecule has 0 amide bonds. The van der Waals surface area contributed by atoms with Crippen LogP contribution in [-0.2, 0) is 15.3 Å². The molecule has 2 nitrogen and oxygen atoms in total. The lowest BCUT2D eigenvalue weighted by Crippen LogP contribution is -2.23. The summed E-state index contributed by atoms with van der Waals surface area (Å²) in [6.45, 7) is 5.68. The Morgan fingerprint density at radius 3 is 2.19 bits per heavy atom. The monoisotopic (exact) mass is 298 g/mol. The zero-order chi connectivity index (χ0) is 14.7. The van der Waals surface area contributed by atoms with E-state index in [9.17, 15) is 0 Å². The highest BCUT2D eigenvalue weighted by Crippen LogP contribution is 2.31. The summed E-state index contributed by atoms with van der Waals surface area (Å²) in [5.74, 6) is -0.557. The molecule has 1 fully saturated rings. The SMILES string of the molecule is CC([SiH2]c1ccccc1)c1ccc(C2(C)OCCO2)cc1. The van der Waals surface area contributed by atoms with E-state index in [1.54, 1.807) is 0 Å². The van der Waals surface area contributed by atoms with Crippen LogP contribution >= 0.6 is 0 Å². The summed E-state index contributed by atoms with van der Waals surface area (Å²) in [6.07, 6.45) is 0. The van der Waals surface area contributed by atoms with Gasteiger partial charge in [-0.05, 0) is 18.0 Å². The van der Waals surface area contributed by atoms with Crippen LogP contribution in [-0.4, -0.2) is 22.7 Å². The van der Waals surface area contributed by atoms with Crippen molar-refractivity contribution >= 4 is 14.7 Å². The quantitative estimate of drug-likeness (QED) is 0.807. The first kappa shape index (κ1) is 14.5. The van der Waals surface area contributed by atoms with Crippen LogP contribution in [0.4, 0.5) is 0 Å². The van der Waals surface area contributed by atoms with Gasteiger partial charge in [0.1, 0.15) is 0 Å². The molecule has 2 aromatic rings. The summed E-state index contributed by atoms with van der Waals surface area (Å²) in [6, 6.07) is 19.6. The van der Waals surface area contributed by atoms with E-state index in [1.165, 1.54) is 10.8 Å². The van der Waals surface area contributed by atoms with Gasteiger partial charge in [-0.25, -0.2) is 0 Å². The molecule has 0 N–H and O–H groups in total. The van der Waals surface area contributed by atoms with Gasteiger partial charge in [0, 0.05) is 5.56 Å². The summed E-state index contributed by atoms with van der Waals surface area (Å²) in [7, 11) is -0.292. The van der Waals surface area contributed by atoms with Crippen molar-refractivity contribution in [2.45, 2.75) is 25.2 Å². The third kappa shape index (κ3) is 3.26. The van der Waals surface area contributed by atoms with Crippen molar-refractivity contribution in [1.82, 2.24) is 0 Å². The molecule has 0 bridgehead atoms. The van der Waals surface area contributed by atoms with E-state index < -0.39 is 5.79 Å². The van der Waals surface area contributed by atoms with Gasteiger partial charge in [0.05, 0.1) is 22.7 Å². The van der Waals surface area contributed by atoms with Crippen LogP contribution in [0.1, 0.15) is 30.5 Å². The molecule has 1 aliphatic heterocycles. The van der Waals surface area contributed by atoms with Crippen molar-refractivity contribution in [3.8, 4) is 0 Å². The first-order valence-corrected chi connectivity index (χ1v) is 9.12. The van der Waals surface area contributed by atoms with Crippen LogP contribution in [0.2, 0.25) is 0 Å². The van der Waals surface area contributed by atoms with E-state index in [-0.39, 0.29) is 9.52 Å². The lowest BCUT2D eigenvalue weighted by Gasteiger charge is -2.23. The van der Waals surface area contributed by atoms with Crippen LogP contribution in [0.5, 0.6) is 0 Å². The second-order valence-electron chi connectivity index (χ2n) is 5.86. The molecule has 0 aromatic heterocycles. The largest absolute Gasteiger partial charge is 0.344 e. The van der Waals surface area contributed by atoms with Crippen molar-refractivity contribution in [3.05, 3.63) is 65.7 Å². The Balaban J connectivity index is 1.72. The lowest BCUT2D eigenvalue weighted by atomic mass is 10.0. The zero-order valence-corrected chi connectivity index (χ0v) is 14.1. The first-order chi connectivity index (χ1) is 10.2.